The molecular formula is C18H16ClN5OS. The van der Waals surface area contributed by atoms with Crippen molar-refractivity contribution in [3.8, 4) is 22.9 Å². The lowest BCUT2D eigenvalue weighted by atomic mass is 10.2. The van der Waals surface area contributed by atoms with Gasteiger partial charge in [0, 0.05) is 29.7 Å². The SMILES string of the molecule is Clc1ccc(Oc2ncccc2-c2csc(NC3=NCCCN3)n2)cc1. The van der Waals surface area contributed by atoms with Crippen LogP contribution in [-0.2, 0) is 0 Å². The van der Waals surface area contributed by atoms with Crippen LogP contribution >= 0.6 is 22.9 Å². The number of aliphatic imine (C=N–C) groups is 1. The van der Waals surface area contributed by atoms with Crippen LogP contribution < -0.4 is 15.4 Å². The Kier molecular flexibility index (Phi) is 4.99. The zero-order valence-corrected chi connectivity index (χ0v) is 15.3. The van der Waals surface area contributed by atoms with Gasteiger partial charge in [0.15, 0.2) is 11.1 Å². The first kappa shape index (κ1) is 16.8. The molecule has 3 heterocycles. The average Bonchev–Trinajstić information content (AvgIpc) is 3.13. The van der Waals surface area contributed by atoms with Crippen LogP contribution in [0.15, 0.2) is 53.0 Å². The van der Waals surface area contributed by atoms with Gasteiger partial charge in [-0.3, -0.25) is 4.99 Å². The van der Waals surface area contributed by atoms with Crippen LogP contribution in [0.5, 0.6) is 11.6 Å². The molecule has 8 heteroatoms. The van der Waals surface area contributed by atoms with Gasteiger partial charge in [-0.25, -0.2) is 9.97 Å². The molecule has 0 unspecified atom stereocenters. The molecule has 0 radical (unpaired) electrons. The molecule has 0 fully saturated rings. The van der Waals surface area contributed by atoms with Crippen molar-refractivity contribution < 1.29 is 4.74 Å². The zero-order chi connectivity index (χ0) is 17.8. The number of nitrogens with zero attached hydrogens (tertiary/aromatic N) is 3. The zero-order valence-electron chi connectivity index (χ0n) is 13.8. The number of pyridine rings is 1. The van der Waals surface area contributed by atoms with Crippen molar-refractivity contribution >= 4 is 34.0 Å². The van der Waals surface area contributed by atoms with Gasteiger partial charge in [0.25, 0.3) is 0 Å². The fraction of sp³-hybridized carbons (Fsp3) is 0.167. The molecule has 0 saturated heterocycles. The molecule has 0 aliphatic carbocycles. The number of ether oxygens (including phenoxy) is 1. The number of aromatic nitrogens is 2. The van der Waals surface area contributed by atoms with Crippen molar-refractivity contribution in [2.75, 3.05) is 18.4 Å². The Bertz CT molecular complexity index is 925. The Hall–Kier alpha value is -2.64. The lowest BCUT2D eigenvalue weighted by Gasteiger charge is -2.14. The highest BCUT2D eigenvalue weighted by Gasteiger charge is 2.13. The summed E-state index contributed by atoms with van der Waals surface area (Å²) in [5, 5.41) is 9.84. The van der Waals surface area contributed by atoms with Crippen LogP contribution in [0, 0.1) is 0 Å². The molecule has 26 heavy (non-hydrogen) atoms. The minimum absolute atomic E-state index is 0.500. The monoisotopic (exact) mass is 385 g/mol. The fourth-order valence-corrected chi connectivity index (χ4v) is 3.29. The van der Waals surface area contributed by atoms with E-state index in [1.807, 2.05) is 29.6 Å². The molecule has 1 aliphatic heterocycles. The Balaban J connectivity index is 1.56. The smallest absolute Gasteiger partial charge is 0.228 e. The van der Waals surface area contributed by atoms with Crippen molar-refractivity contribution in [3.63, 3.8) is 0 Å². The van der Waals surface area contributed by atoms with E-state index in [1.54, 1.807) is 18.3 Å². The molecule has 6 nitrogen and oxygen atoms in total. The first-order valence-electron chi connectivity index (χ1n) is 8.17. The van der Waals surface area contributed by atoms with Crippen molar-refractivity contribution in [2.45, 2.75) is 6.42 Å². The summed E-state index contributed by atoms with van der Waals surface area (Å²) in [4.78, 5) is 13.4. The molecule has 0 bridgehead atoms. The molecule has 0 atom stereocenters. The van der Waals surface area contributed by atoms with E-state index in [-0.39, 0.29) is 0 Å². The molecule has 132 valence electrons. The highest BCUT2D eigenvalue weighted by atomic mass is 35.5. The topological polar surface area (TPSA) is 71.4 Å². The van der Waals surface area contributed by atoms with Crippen molar-refractivity contribution in [2.24, 2.45) is 4.99 Å². The summed E-state index contributed by atoms with van der Waals surface area (Å²) in [6.45, 7) is 1.75. The standard InChI is InChI=1S/C18H16ClN5OS/c19-12-4-6-13(7-5-12)25-16-14(3-1-8-20-16)15-11-26-18(23-15)24-17-21-9-2-10-22-17/h1,3-8,11H,2,9-10H2,(H2,21,22,23,24). The van der Waals surface area contributed by atoms with E-state index in [4.69, 9.17) is 16.3 Å². The second-order valence-corrected chi connectivity index (χ2v) is 6.88. The number of anilines is 1. The summed E-state index contributed by atoms with van der Waals surface area (Å²) in [5.74, 6) is 1.93. The molecule has 0 spiro atoms. The Morgan fingerprint density at radius 2 is 2.08 bits per heavy atom. The van der Waals surface area contributed by atoms with Crippen LogP contribution in [0.4, 0.5) is 5.13 Å². The quantitative estimate of drug-likeness (QED) is 0.695. The molecule has 2 aromatic heterocycles. The second-order valence-electron chi connectivity index (χ2n) is 5.59. The molecule has 1 aliphatic rings. The predicted octanol–water partition coefficient (Wildman–Crippen LogP) is 4.41. The molecule has 2 N–H and O–H groups in total. The Labute approximate surface area is 159 Å². The van der Waals surface area contributed by atoms with E-state index < -0.39 is 0 Å². The Morgan fingerprint density at radius 3 is 2.88 bits per heavy atom. The van der Waals surface area contributed by atoms with Gasteiger partial charge in [-0.05, 0) is 42.8 Å². The van der Waals surface area contributed by atoms with Gasteiger partial charge in [0.05, 0.1) is 11.3 Å². The van der Waals surface area contributed by atoms with Crippen molar-refractivity contribution in [1.29, 1.82) is 0 Å². The van der Waals surface area contributed by atoms with Crippen molar-refractivity contribution in [1.82, 2.24) is 15.3 Å². The van der Waals surface area contributed by atoms with E-state index >= 15 is 0 Å². The first-order valence-corrected chi connectivity index (χ1v) is 9.43. The Morgan fingerprint density at radius 1 is 1.19 bits per heavy atom. The van der Waals surface area contributed by atoms with Gasteiger partial charge in [-0.15, -0.1) is 11.3 Å². The third-order valence-electron chi connectivity index (χ3n) is 3.70. The largest absolute Gasteiger partial charge is 0.438 e. The summed E-state index contributed by atoms with van der Waals surface area (Å²) in [5.41, 5.74) is 1.62. The summed E-state index contributed by atoms with van der Waals surface area (Å²) in [6, 6.07) is 11.0. The molecule has 3 aromatic rings. The van der Waals surface area contributed by atoms with Crippen LogP contribution in [0.2, 0.25) is 5.02 Å². The number of thiazole rings is 1. The third kappa shape index (κ3) is 3.95. The van der Waals surface area contributed by atoms with Gasteiger partial charge >= 0.3 is 0 Å². The maximum Gasteiger partial charge on any atom is 0.228 e. The lowest BCUT2D eigenvalue weighted by Crippen LogP contribution is -2.35. The van der Waals surface area contributed by atoms with E-state index in [0.29, 0.717) is 16.7 Å². The summed E-state index contributed by atoms with van der Waals surface area (Å²) < 4.78 is 5.92. The van der Waals surface area contributed by atoms with Gasteiger partial charge in [-0.1, -0.05) is 11.6 Å². The van der Waals surface area contributed by atoms with Gasteiger partial charge in [-0.2, -0.15) is 0 Å². The number of hydrogen-bond donors (Lipinski definition) is 2. The number of hydrogen-bond acceptors (Lipinski definition) is 7. The number of benzene rings is 1. The predicted molar refractivity (Wildman–Crippen MR) is 105 cm³/mol. The maximum absolute atomic E-state index is 5.92. The van der Waals surface area contributed by atoms with Crippen LogP contribution in [0.1, 0.15) is 6.42 Å². The normalized spacial score (nSPS) is 13.7. The molecule has 0 saturated carbocycles. The summed E-state index contributed by atoms with van der Waals surface area (Å²) >= 11 is 7.43. The first-order chi connectivity index (χ1) is 12.8. The van der Waals surface area contributed by atoms with E-state index in [2.05, 4.69) is 25.6 Å². The highest BCUT2D eigenvalue weighted by Crippen LogP contribution is 2.33. The van der Waals surface area contributed by atoms with E-state index in [9.17, 15) is 0 Å². The number of halogens is 1. The third-order valence-corrected chi connectivity index (χ3v) is 4.71. The molecule has 4 rings (SSSR count). The average molecular weight is 386 g/mol. The minimum Gasteiger partial charge on any atom is -0.438 e. The minimum atomic E-state index is 0.500. The van der Waals surface area contributed by atoms with Crippen LogP contribution in [0.25, 0.3) is 11.3 Å². The summed E-state index contributed by atoms with van der Waals surface area (Å²) in [7, 11) is 0. The van der Waals surface area contributed by atoms with Gasteiger partial charge < -0.3 is 15.4 Å². The number of nitrogens with one attached hydrogen (secondary N) is 2. The van der Waals surface area contributed by atoms with Crippen LogP contribution in [-0.4, -0.2) is 29.0 Å². The number of guanidine groups is 1. The van der Waals surface area contributed by atoms with Crippen LogP contribution in [0.3, 0.4) is 0 Å². The van der Waals surface area contributed by atoms with Gasteiger partial charge in [0.2, 0.25) is 5.88 Å². The fourth-order valence-electron chi connectivity index (χ4n) is 2.45. The molecular weight excluding hydrogens is 370 g/mol. The van der Waals surface area contributed by atoms with E-state index in [1.165, 1.54) is 11.3 Å². The lowest BCUT2D eigenvalue weighted by molar-refractivity contribution is 0.465. The molecule has 0 amide bonds. The van der Waals surface area contributed by atoms with Gasteiger partial charge in [0.1, 0.15) is 5.75 Å². The van der Waals surface area contributed by atoms with E-state index in [0.717, 1.165) is 41.9 Å². The summed E-state index contributed by atoms with van der Waals surface area (Å²) in [6.07, 6.45) is 2.75. The number of rotatable bonds is 4. The second kappa shape index (κ2) is 7.72. The molecule has 1 aromatic carbocycles. The highest BCUT2D eigenvalue weighted by molar-refractivity contribution is 7.14. The van der Waals surface area contributed by atoms with Crippen molar-refractivity contribution in [3.05, 3.63) is 53.0 Å². The maximum atomic E-state index is 5.92.